The molecule has 1 aromatic rings. The van der Waals surface area contributed by atoms with Crippen molar-refractivity contribution in [2.45, 2.75) is 19.1 Å². The smallest absolute Gasteiger partial charge is 0.181 e. The molecule has 1 aliphatic rings. The van der Waals surface area contributed by atoms with Gasteiger partial charge in [-0.15, -0.1) is 0 Å². The van der Waals surface area contributed by atoms with Crippen molar-refractivity contribution < 1.29 is 9.84 Å². The summed E-state index contributed by atoms with van der Waals surface area (Å²) in [5.74, 6) is 0.393. The van der Waals surface area contributed by atoms with Crippen molar-refractivity contribution in [1.82, 2.24) is 0 Å². The predicted molar refractivity (Wildman–Crippen MR) is 45.8 cm³/mol. The van der Waals surface area contributed by atoms with E-state index < -0.39 is 6.29 Å². The lowest BCUT2D eigenvalue weighted by Gasteiger charge is -2.26. The van der Waals surface area contributed by atoms with Crippen molar-refractivity contribution in [3.8, 4) is 0 Å². The summed E-state index contributed by atoms with van der Waals surface area (Å²) >= 11 is 0. The topological polar surface area (TPSA) is 29.5 Å². The molecule has 0 aromatic heterocycles. The molecule has 1 aromatic carbocycles. The second kappa shape index (κ2) is 2.88. The fourth-order valence-corrected chi connectivity index (χ4v) is 1.60. The lowest BCUT2D eigenvalue weighted by Crippen LogP contribution is -2.18. The summed E-state index contributed by atoms with van der Waals surface area (Å²) < 4.78 is 5.17. The van der Waals surface area contributed by atoms with Crippen LogP contribution in [0.2, 0.25) is 0 Å². The zero-order valence-corrected chi connectivity index (χ0v) is 7.03. The fourth-order valence-electron chi connectivity index (χ4n) is 1.60. The van der Waals surface area contributed by atoms with Crippen LogP contribution in [0.5, 0.6) is 0 Å². The number of benzene rings is 1. The largest absolute Gasteiger partial charge is 0.364 e. The second-order valence-corrected chi connectivity index (χ2v) is 3.22. The Kier molecular flexibility index (Phi) is 1.87. The third-order valence-corrected chi connectivity index (χ3v) is 2.30. The van der Waals surface area contributed by atoms with E-state index in [4.69, 9.17) is 4.74 Å². The standard InChI is InChI=1S/C10H12O2/c1-7-6-12-10(11)9-5-3-2-4-8(7)9/h2-5,7,10-11H,6H2,1H3. The maximum Gasteiger partial charge on any atom is 0.181 e. The molecule has 0 aliphatic carbocycles. The molecule has 2 rings (SSSR count). The van der Waals surface area contributed by atoms with Crippen LogP contribution in [0.4, 0.5) is 0 Å². The van der Waals surface area contributed by atoms with Crippen LogP contribution in [0.25, 0.3) is 0 Å². The first kappa shape index (κ1) is 7.77. The molecule has 1 N–H and O–H groups in total. The van der Waals surface area contributed by atoms with E-state index >= 15 is 0 Å². The van der Waals surface area contributed by atoms with Gasteiger partial charge in [-0.05, 0) is 5.56 Å². The van der Waals surface area contributed by atoms with Crippen LogP contribution in [0, 0.1) is 0 Å². The molecule has 2 heteroatoms. The van der Waals surface area contributed by atoms with Crippen LogP contribution < -0.4 is 0 Å². The van der Waals surface area contributed by atoms with E-state index in [1.165, 1.54) is 5.56 Å². The number of hydrogen-bond acceptors (Lipinski definition) is 2. The summed E-state index contributed by atoms with van der Waals surface area (Å²) in [6, 6.07) is 7.87. The maximum atomic E-state index is 9.46. The third-order valence-electron chi connectivity index (χ3n) is 2.30. The minimum atomic E-state index is -0.725. The zero-order chi connectivity index (χ0) is 8.55. The first-order chi connectivity index (χ1) is 5.79. The maximum absolute atomic E-state index is 9.46. The monoisotopic (exact) mass is 164 g/mol. The zero-order valence-electron chi connectivity index (χ0n) is 7.03. The molecule has 0 saturated carbocycles. The van der Waals surface area contributed by atoms with Crippen molar-refractivity contribution in [2.24, 2.45) is 0 Å². The van der Waals surface area contributed by atoms with Gasteiger partial charge in [-0.3, -0.25) is 0 Å². The van der Waals surface area contributed by atoms with Crippen molar-refractivity contribution in [3.05, 3.63) is 35.4 Å². The minimum absolute atomic E-state index is 0.393. The van der Waals surface area contributed by atoms with Crippen molar-refractivity contribution in [2.75, 3.05) is 6.61 Å². The summed E-state index contributed by atoms with van der Waals surface area (Å²) in [4.78, 5) is 0. The van der Waals surface area contributed by atoms with E-state index in [9.17, 15) is 5.11 Å². The molecule has 12 heavy (non-hydrogen) atoms. The Morgan fingerprint density at radius 1 is 1.33 bits per heavy atom. The normalized spacial score (nSPS) is 28.2. The number of ether oxygens (including phenoxy) is 1. The molecular weight excluding hydrogens is 152 g/mol. The first-order valence-electron chi connectivity index (χ1n) is 4.17. The van der Waals surface area contributed by atoms with E-state index in [0.717, 1.165) is 5.56 Å². The highest BCUT2D eigenvalue weighted by atomic mass is 16.6. The molecule has 2 unspecified atom stereocenters. The van der Waals surface area contributed by atoms with Gasteiger partial charge in [0, 0.05) is 11.5 Å². The van der Waals surface area contributed by atoms with Crippen LogP contribution in [-0.4, -0.2) is 11.7 Å². The highest BCUT2D eigenvalue weighted by Crippen LogP contribution is 2.31. The van der Waals surface area contributed by atoms with Gasteiger partial charge in [-0.2, -0.15) is 0 Å². The number of hydrogen-bond donors (Lipinski definition) is 1. The second-order valence-electron chi connectivity index (χ2n) is 3.22. The molecule has 1 heterocycles. The Morgan fingerprint density at radius 2 is 2.00 bits per heavy atom. The first-order valence-corrected chi connectivity index (χ1v) is 4.17. The number of aliphatic hydroxyl groups is 1. The highest BCUT2D eigenvalue weighted by Gasteiger charge is 2.22. The molecule has 2 atom stereocenters. The van der Waals surface area contributed by atoms with E-state index in [1.54, 1.807) is 0 Å². The van der Waals surface area contributed by atoms with Gasteiger partial charge in [0.05, 0.1) is 6.61 Å². The summed E-state index contributed by atoms with van der Waals surface area (Å²) in [5.41, 5.74) is 2.12. The Bertz CT molecular complexity index is 254. The molecular formula is C10H12O2. The van der Waals surface area contributed by atoms with Crippen LogP contribution in [-0.2, 0) is 4.74 Å². The minimum Gasteiger partial charge on any atom is -0.364 e. The van der Waals surface area contributed by atoms with Crippen LogP contribution in [0.15, 0.2) is 24.3 Å². The van der Waals surface area contributed by atoms with Crippen LogP contribution in [0.3, 0.4) is 0 Å². The van der Waals surface area contributed by atoms with Crippen molar-refractivity contribution in [3.63, 3.8) is 0 Å². The van der Waals surface area contributed by atoms with Crippen LogP contribution in [0.1, 0.15) is 30.3 Å². The molecule has 0 amide bonds. The van der Waals surface area contributed by atoms with E-state index in [2.05, 4.69) is 6.92 Å². The quantitative estimate of drug-likeness (QED) is 0.633. The summed E-state index contributed by atoms with van der Waals surface area (Å²) in [5, 5.41) is 9.46. The highest BCUT2D eigenvalue weighted by molar-refractivity contribution is 5.32. The Morgan fingerprint density at radius 3 is 2.67 bits per heavy atom. The SMILES string of the molecule is CC1COC(O)c2ccccc21. The predicted octanol–water partition coefficient (Wildman–Crippen LogP) is 1.81. The van der Waals surface area contributed by atoms with Crippen LogP contribution >= 0.6 is 0 Å². The Hall–Kier alpha value is -0.860. The lowest BCUT2D eigenvalue weighted by atomic mass is 9.94. The molecule has 0 bridgehead atoms. The summed E-state index contributed by atoms with van der Waals surface area (Å²) in [6.45, 7) is 2.71. The molecule has 0 spiro atoms. The Labute approximate surface area is 71.8 Å². The number of aliphatic hydroxyl groups excluding tert-OH is 1. The molecule has 0 radical (unpaired) electrons. The van der Waals surface area contributed by atoms with Crippen molar-refractivity contribution in [1.29, 1.82) is 0 Å². The van der Waals surface area contributed by atoms with Gasteiger partial charge in [0.2, 0.25) is 0 Å². The van der Waals surface area contributed by atoms with E-state index in [-0.39, 0.29) is 0 Å². The molecule has 0 saturated heterocycles. The molecule has 1 aliphatic heterocycles. The molecule has 2 nitrogen and oxygen atoms in total. The van der Waals surface area contributed by atoms with Gasteiger partial charge in [0.1, 0.15) is 0 Å². The van der Waals surface area contributed by atoms with Gasteiger partial charge in [-0.25, -0.2) is 0 Å². The van der Waals surface area contributed by atoms with Gasteiger partial charge in [0.15, 0.2) is 6.29 Å². The van der Waals surface area contributed by atoms with Gasteiger partial charge >= 0.3 is 0 Å². The van der Waals surface area contributed by atoms with Crippen molar-refractivity contribution >= 4 is 0 Å². The molecule has 64 valence electrons. The van der Waals surface area contributed by atoms with Gasteiger partial charge < -0.3 is 9.84 Å². The average molecular weight is 164 g/mol. The van der Waals surface area contributed by atoms with E-state index in [1.807, 2.05) is 24.3 Å². The summed E-state index contributed by atoms with van der Waals surface area (Å²) in [6.07, 6.45) is -0.725. The summed E-state index contributed by atoms with van der Waals surface area (Å²) in [7, 11) is 0. The van der Waals surface area contributed by atoms with Gasteiger partial charge in [-0.1, -0.05) is 31.2 Å². The fraction of sp³-hybridized carbons (Fsp3) is 0.400. The number of rotatable bonds is 0. The third kappa shape index (κ3) is 1.13. The number of fused-ring (bicyclic) bond motifs is 1. The average Bonchev–Trinajstić information content (AvgIpc) is 2.12. The Balaban J connectivity index is 2.47. The van der Waals surface area contributed by atoms with Gasteiger partial charge in [0.25, 0.3) is 0 Å². The van der Waals surface area contributed by atoms with E-state index in [0.29, 0.717) is 12.5 Å². The molecule has 0 fully saturated rings. The lowest BCUT2D eigenvalue weighted by molar-refractivity contribution is -0.116.